The Labute approximate surface area is 522 Å². The highest BCUT2D eigenvalue weighted by Gasteiger charge is 2.45. The number of ether oxygens (including phenoxy) is 2. The number of rotatable bonds is 5. The smallest absolute Gasteiger partial charge is 0.416 e. The molecule has 0 amide bonds. The molecule has 3 aliphatic heterocycles. The van der Waals surface area contributed by atoms with Crippen molar-refractivity contribution in [2.75, 3.05) is 7.11 Å². The Balaban J connectivity index is 1.38. The van der Waals surface area contributed by atoms with Gasteiger partial charge in [0.05, 0.1) is 63.3 Å². The van der Waals surface area contributed by atoms with Crippen molar-refractivity contribution in [2.24, 2.45) is 0 Å². The minimum absolute atomic E-state index is 0.0205. The summed E-state index contributed by atoms with van der Waals surface area (Å²) >= 11 is 0. The second-order valence-electron chi connectivity index (χ2n) is 25.4. The summed E-state index contributed by atoms with van der Waals surface area (Å²) in [5.74, 6) is -0.747. The van der Waals surface area contributed by atoms with Gasteiger partial charge in [0.25, 0.3) is 0 Å². The van der Waals surface area contributed by atoms with Gasteiger partial charge >= 0.3 is 43.0 Å². The van der Waals surface area contributed by atoms with Gasteiger partial charge in [-0.2, -0.15) is 79.0 Å². The summed E-state index contributed by atoms with van der Waals surface area (Å²) < 4.78 is 280. The lowest BCUT2D eigenvalue weighted by molar-refractivity contribution is -0.144. The van der Waals surface area contributed by atoms with Gasteiger partial charge in [0.1, 0.15) is 17.1 Å². The molecule has 6 heterocycles. The number of hydrogen-bond donors (Lipinski definition) is 2. The van der Waals surface area contributed by atoms with Crippen LogP contribution >= 0.6 is 0 Å². The van der Waals surface area contributed by atoms with E-state index in [-0.39, 0.29) is 75.2 Å². The zero-order valence-corrected chi connectivity index (χ0v) is 50.5. The van der Waals surface area contributed by atoms with E-state index in [9.17, 15) is 83.8 Å². The van der Waals surface area contributed by atoms with Crippen LogP contribution in [0.1, 0.15) is 144 Å². The van der Waals surface area contributed by atoms with Crippen molar-refractivity contribution in [3.63, 3.8) is 0 Å². The molecule has 0 aliphatic carbocycles. The van der Waals surface area contributed by atoms with Crippen molar-refractivity contribution >= 4 is 52.3 Å². The molecule has 11 rings (SSSR count). The molecule has 8 bridgehead atoms. The number of nitrogens with one attached hydrogen (secondary N) is 2. The molecule has 7 nitrogen and oxygen atoms in total. The minimum atomic E-state index is -5.51. The van der Waals surface area contributed by atoms with Crippen LogP contribution in [-0.2, 0) is 58.0 Å². The largest absolute Gasteiger partial charge is 0.465 e. The van der Waals surface area contributed by atoms with E-state index in [2.05, 4.69) is 15.0 Å². The van der Waals surface area contributed by atoms with Crippen molar-refractivity contribution in [3.05, 3.63) is 187 Å². The summed E-state index contributed by atoms with van der Waals surface area (Å²) in [6.07, 6.45) is -28.4. The number of carbonyl (C=O) groups is 1. The average Bonchev–Trinajstić information content (AvgIpc) is 0.767. The van der Waals surface area contributed by atoms with Gasteiger partial charge in [0.2, 0.25) is 0 Å². The molecule has 0 atom stereocenters. The number of fused-ring (bicyclic) bond motifs is 10. The number of halogens is 18. The maximum absolute atomic E-state index is 14.9. The fourth-order valence-electron chi connectivity index (χ4n) is 12.0. The average molecular weight is 1330 g/mol. The van der Waals surface area contributed by atoms with Crippen LogP contribution in [0.5, 0.6) is 11.5 Å². The lowest BCUT2D eigenvalue weighted by Crippen LogP contribution is -2.31. The Kier molecular flexibility index (Phi) is 15.4. The van der Waals surface area contributed by atoms with E-state index in [1.165, 1.54) is 24.3 Å². The second-order valence-corrected chi connectivity index (χ2v) is 25.4. The first-order valence-corrected chi connectivity index (χ1v) is 28.4. The summed E-state index contributed by atoms with van der Waals surface area (Å²) in [5, 5.41) is 0. The van der Waals surface area contributed by atoms with Gasteiger partial charge in [-0.25, -0.2) is 14.8 Å². The number of esters is 1. The Morgan fingerprint density at radius 1 is 0.415 bits per heavy atom. The molecule has 0 radical (unpaired) electrons. The molecule has 0 saturated carbocycles. The first-order valence-electron chi connectivity index (χ1n) is 28.4. The number of carbonyl (C=O) groups excluding carboxylic acids is 1. The zero-order chi connectivity index (χ0) is 68.9. The van der Waals surface area contributed by atoms with Gasteiger partial charge in [0, 0.05) is 66.4 Å². The van der Waals surface area contributed by atoms with Crippen LogP contribution in [0, 0.1) is 0 Å². The van der Waals surface area contributed by atoms with E-state index in [0.717, 1.165) is 31.4 Å². The van der Waals surface area contributed by atoms with Gasteiger partial charge < -0.3 is 19.4 Å². The Morgan fingerprint density at radius 3 is 1.05 bits per heavy atom. The van der Waals surface area contributed by atoms with E-state index in [1.807, 2.05) is 61.5 Å². The predicted octanol–water partition coefficient (Wildman–Crippen LogP) is 22.2. The third-order valence-electron chi connectivity index (χ3n) is 16.5. The lowest BCUT2D eigenvalue weighted by Gasteiger charge is -2.41. The molecule has 25 heteroatoms. The van der Waals surface area contributed by atoms with Gasteiger partial charge in [-0.1, -0.05) is 73.6 Å². The monoisotopic (exact) mass is 1320 g/mol. The van der Waals surface area contributed by atoms with Crippen LogP contribution in [0.15, 0.2) is 103 Å². The fourth-order valence-corrected chi connectivity index (χ4v) is 12.0. The highest BCUT2D eigenvalue weighted by Crippen LogP contribution is 2.57. The number of methoxy groups -OCH3 is 1. The van der Waals surface area contributed by atoms with E-state index in [4.69, 9.17) is 14.5 Å². The Bertz CT molecular complexity index is 4550. The van der Waals surface area contributed by atoms with Crippen molar-refractivity contribution in [3.8, 4) is 56.0 Å². The number of H-pyrrole nitrogens is 2. The van der Waals surface area contributed by atoms with Crippen LogP contribution in [0.4, 0.5) is 79.0 Å². The number of nitrogens with zero attached hydrogens (tertiary/aromatic N) is 2. The number of aromatic nitrogens is 4. The van der Waals surface area contributed by atoms with Crippen molar-refractivity contribution in [1.29, 1.82) is 0 Å². The quantitative estimate of drug-likeness (QED) is 0.132. The van der Waals surface area contributed by atoms with E-state index < -0.39 is 154 Å². The van der Waals surface area contributed by atoms with Crippen LogP contribution in [0.2, 0.25) is 0 Å². The number of aromatic amines is 2. The first-order chi connectivity index (χ1) is 43.2. The summed E-state index contributed by atoms with van der Waals surface area (Å²) in [6, 6.07) is 12.9. The molecule has 0 unspecified atom stereocenters. The van der Waals surface area contributed by atoms with Gasteiger partial charge in [-0.05, 0) is 148 Å². The molecule has 490 valence electrons. The van der Waals surface area contributed by atoms with Gasteiger partial charge in [-0.15, -0.1) is 0 Å². The standard InChI is InChI=1S/C69H50F18N4O3/c1-61(2,3)34-29-42(60(92)93-9)58-44(30-34)63(7,8)57-43(62(4,5)6)11-10-41(59(57)94-58)56-51-18-16-49(90-51)54(32-22-37(66(76,77)78)27-38(23-32)67(79,80)81)47-14-12-45(88-47)53(31-20-35(64(70,71)72)26-36(21-31)65(73,74)75)46-13-15-48(89-46)55(50-17-19-52(56)91-50)33-24-39(68(82,83)84)28-40(25-33)69(85,86)87/h10-30,88,91H,1-9H3. The molecule has 3 aromatic heterocycles. The van der Waals surface area contributed by atoms with E-state index in [0.29, 0.717) is 46.5 Å². The Morgan fingerprint density at radius 2 is 0.745 bits per heavy atom. The maximum atomic E-state index is 14.9. The molecule has 0 spiro atoms. The van der Waals surface area contributed by atoms with Crippen molar-refractivity contribution < 1.29 is 93.3 Å². The molecule has 0 saturated heterocycles. The summed E-state index contributed by atoms with van der Waals surface area (Å²) in [4.78, 5) is 29.3. The predicted molar refractivity (Wildman–Crippen MR) is 318 cm³/mol. The Hall–Kier alpha value is -9.29. The normalized spacial score (nSPS) is 14.5. The van der Waals surface area contributed by atoms with Gasteiger partial charge in [-0.3, -0.25) is 0 Å². The molecular formula is C69H50F18N4O3. The summed E-state index contributed by atoms with van der Waals surface area (Å²) in [6.45, 7) is 15.2. The zero-order valence-electron chi connectivity index (χ0n) is 50.5. The summed E-state index contributed by atoms with van der Waals surface area (Å²) in [7, 11) is 1.16. The van der Waals surface area contributed by atoms with Crippen LogP contribution in [0.25, 0.3) is 90.9 Å². The van der Waals surface area contributed by atoms with E-state index >= 15 is 0 Å². The topological polar surface area (TPSA) is 92.9 Å². The molecule has 0 fully saturated rings. The summed E-state index contributed by atoms with van der Waals surface area (Å²) in [5.41, 5.74) is -18.6. The third kappa shape index (κ3) is 12.1. The number of hydrogen-bond acceptors (Lipinski definition) is 5. The fraction of sp³-hybridized carbons (Fsp3) is 0.261. The molecular weight excluding hydrogens is 1270 g/mol. The third-order valence-corrected chi connectivity index (χ3v) is 16.5. The van der Waals surface area contributed by atoms with Crippen molar-refractivity contribution in [2.45, 2.75) is 109 Å². The molecule has 3 aliphatic rings. The highest BCUT2D eigenvalue weighted by molar-refractivity contribution is 6.02. The molecule has 5 aromatic carbocycles. The minimum Gasteiger partial charge on any atom is -0.465 e. The van der Waals surface area contributed by atoms with Crippen LogP contribution < -0.4 is 4.74 Å². The molecule has 8 aromatic rings. The highest BCUT2D eigenvalue weighted by atomic mass is 19.4. The van der Waals surface area contributed by atoms with E-state index in [1.54, 1.807) is 18.2 Å². The first kappa shape index (κ1) is 66.2. The van der Waals surface area contributed by atoms with Crippen molar-refractivity contribution in [1.82, 2.24) is 19.9 Å². The molecule has 2 N–H and O–H groups in total. The second kappa shape index (κ2) is 21.9. The number of benzene rings is 5. The van der Waals surface area contributed by atoms with Crippen LogP contribution in [-0.4, -0.2) is 33.0 Å². The molecule has 94 heavy (non-hydrogen) atoms. The SMILES string of the molecule is COC(=O)c1cc(C(C)(C)C)cc2c1Oc1c(-c3c4nc(c(-c5cc(C(F)(F)F)cc(C(F)(F)F)c5)c5ccc([nH]5)c(-c5cc(C(F)(F)F)cc(C(F)(F)F)c5)c5nc(c(-c6cc(C(F)(F)F)cc(C(F)(F)F)c6)c6ccc3[nH]6)C=C5)C=C4)ccc(C(C)(C)C)c1C2(C)C. The van der Waals surface area contributed by atoms with Gasteiger partial charge in [0.15, 0.2) is 0 Å². The lowest BCUT2D eigenvalue weighted by atomic mass is 9.67. The van der Waals surface area contributed by atoms with Crippen LogP contribution in [0.3, 0.4) is 0 Å². The maximum Gasteiger partial charge on any atom is 0.416 e. The number of alkyl halides is 18.